The van der Waals surface area contributed by atoms with Crippen LogP contribution in [0.25, 0.3) is 10.9 Å². The fourth-order valence-corrected chi connectivity index (χ4v) is 5.74. The first kappa shape index (κ1) is 20.8. The molecule has 1 aromatic heterocycles. The summed E-state index contributed by atoms with van der Waals surface area (Å²) >= 11 is 0. The molecular weight excluding hydrogens is 386 g/mol. The van der Waals surface area contributed by atoms with Crippen LogP contribution < -0.4 is 5.73 Å². The van der Waals surface area contributed by atoms with Gasteiger partial charge in [-0.1, -0.05) is 31.2 Å². The van der Waals surface area contributed by atoms with Gasteiger partial charge in [-0.2, -0.15) is 0 Å². The highest BCUT2D eigenvalue weighted by atomic mass is 16.5. The first-order valence-electron chi connectivity index (χ1n) is 11.8. The average molecular weight is 422 g/mol. The van der Waals surface area contributed by atoms with Crippen LogP contribution in [0.4, 0.5) is 0 Å². The van der Waals surface area contributed by atoms with Gasteiger partial charge in [-0.05, 0) is 66.9 Å². The van der Waals surface area contributed by atoms with Crippen LogP contribution in [0.3, 0.4) is 0 Å². The normalized spacial score (nSPS) is 28.1. The Balaban J connectivity index is 1.24. The highest BCUT2D eigenvalue weighted by molar-refractivity contribution is 5.81. The number of aliphatic hydroxyl groups excluding tert-OH is 1. The lowest BCUT2D eigenvalue weighted by Crippen LogP contribution is -2.44. The fraction of sp³-hybridized carbons (Fsp3) is 0.538. The van der Waals surface area contributed by atoms with E-state index in [1.54, 1.807) is 0 Å². The molecule has 2 aromatic rings. The molecule has 5 nitrogen and oxygen atoms in total. The molecule has 2 fully saturated rings. The second-order valence-corrected chi connectivity index (χ2v) is 9.63. The lowest BCUT2D eigenvalue weighted by atomic mass is 9.78. The number of aliphatic hydroxyl groups is 1. The number of rotatable bonds is 4. The number of aryl methyl sites for hydroxylation is 1. The zero-order valence-electron chi connectivity index (χ0n) is 18.8. The Kier molecular flexibility index (Phi) is 5.67. The van der Waals surface area contributed by atoms with Crippen molar-refractivity contribution in [3.8, 4) is 0 Å². The molecular formula is C26H35N3O2. The highest BCUT2D eigenvalue weighted by Gasteiger charge is 2.38. The molecule has 0 amide bonds. The summed E-state index contributed by atoms with van der Waals surface area (Å²) in [6, 6.07) is 10.9. The predicted molar refractivity (Wildman–Crippen MR) is 125 cm³/mol. The van der Waals surface area contributed by atoms with E-state index in [0.29, 0.717) is 18.2 Å². The van der Waals surface area contributed by atoms with Crippen LogP contribution in [-0.2, 0) is 18.3 Å². The number of allylic oxidation sites excluding steroid dienone is 2. The Hall–Kier alpha value is -2.08. The van der Waals surface area contributed by atoms with Crippen LogP contribution in [0, 0.1) is 11.8 Å². The van der Waals surface area contributed by atoms with Crippen LogP contribution in [-0.4, -0.2) is 46.4 Å². The first-order valence-corrected chi connectivity index (χ1v) is 11.8. The van der Waals surface area contributed by atoms with E-state index in [1.807, 2.05) is 0 Å². The van der Waals surface area contributed by atoms with Gasteiger partial charge in [-0.15, -0.1) is 0 Å². The maximum absolute atomic E-state index is 10.7. The Morgan fingerprint density at radius 1 is 1.19 bits per heavy atom. The van der Waals surface area contributed by atoms with E-state index < -0.39 is 0 Å². The van der Waals surface area contributed by atoms with E-state index in [2.05, 4.69) is 59.8 Å². The van der Waals surface area contributed by atoms with Crippen molar-refractivity contribution < 1.29 is 9.84 Å². The van der Waals surface area contributed by atoms with Crippen molar-refractivity contribution in [2.45, 2.75) is 51.4 Å². The minimum atomic E-state index is -0.0720. The number of ether oxygens (including phenoxy) is 1. The largest absolute Gasteiger partial charge is 0.512 e. The number of benzene rings is 1. The molecule has 0 bridgehead atoms. The van der Waals surface area contributed by atoms with Crippen molar-refractivity contribution in [2.75, 3.05) is 19.6 Å². The van der Waals surface area contributed by atoms with E-state index in [1.165, 1.54) is 16.6 Å². The van der Waals surface area contributed by atoms with Crippen molar-refractivity contribution in [1.82, 2.24) is 9.47 Å². The summed E-state index contributed by atoms with van der Waals surface area (Å²) in [6.45, 7) is 5.74. The zero-order valence-corrected chi connectivity index (χ0v) is 18.8. The molecule has 31 heavy (non-hydrogen) atoms. The van der Waals surface area contributed by atoms with Gasteiger partial charge in [-0.25, -0.2) is 0 Å². The summed E-state index contributed by atoms with van der Waals surface area (Å²) in [7, 11) is 2.17. The maximum atomic E-state index is 10.7. The third-order valence-electron chi connectivity index (χ3n) is 7.72. The molecule has 1 unspecified atom stereocenters. The average Bonchev–Trinajstić information content (AvgIpc) is 3.11. The SMILES string of the molecule is CC1CC=C2C(=C1O)C[C@@H](C1CCN(Cc3cc4ccccc4n3C)CC1)O[C@H]2CN. The molecule has 0 radical (unpaired) electrons. The Morgan fingerprint density at radius 2 is 1.97 bits per heavy atom. The summed E-state index contributed by atoms with van der Waals surface area (Å²) in [6.07, 6.45) is 6.29. The molecule has 2 aliphatic heterocycles. The topological polar surface area (TPSA) is 63.6 Å². The molecule has 0 saturated carbocycles. The van der Waals surface area contributed by atoms with E-state index in [-0.39, 0.29) is 18.1 Å². The smallest absolute Gasteiger partial charge is 0.0990 e. The fourth-order valence-electron chi connectivity index (χ4n) is 5.74. The summed E-state index contributed by atoms with van der Waals surface area (Å²) in [4.78, 5) is 2.57. The summed E-state index contributed by atoms with van der Waals surface area (Å²) in [5.74, 6) is 1.30. The van der Waals surface area contributed by atoms with E-state index >= 15 is 0 Å². The predicted octanol–water partition coefficient (Wildman–Crippen LogP) is 4.28. The number of hydrogen-bond donors (Lipinski definition) is 2. The number of nitrogens with zero attached hydrogens (tertiary/aromatic N) is 2. The Labute approximate surface area is 185 Å². The van der Waals surface area contributed by atoms with Gasteiger partial charge in [0.2, 0.25) is 0 Å². The van der Waals surface area contributed by atoms with Gasteiger partial charge >= 0.3 is 0 Å². The summed E-state index contributed by atoms with van der Waals surface area (Å²) in [5, 5.41) is 12.0. The van der Waals surface area contributed by atoms with E-state index in [4.69, 9.17) is 10.5 Å². The monoisotopic (exact) mass is 421 g/mol. The summed E-state index contributed by atoms with van der Waals surface area (Å²) < 4.78 is 8.80. The number of fused-ring (bicyclic) bond motifs is 2. The second kappa shape index (κ2) is 8.45. The van der Waals surface area contributed by atoms with Gasteiger partial charge in [-0.3, -0.25) is 4.90 Å². The minimum absolute atomic E-state index is 0.0720. The molecule has 0 spiro atoms. The van der Waals surface area contributed by atoms with Crippen molar-refractivity contribution >= 4 is 10.9 Å². The molecule has 5 heteroatoms. The molecule has 3 atom stereocenters. The molecule has 3 N–H and O–H groups in total. The number of likely N-dealkylation sites (tertiary alicyclic amines) is 1. The van der Waals surface area contributed by atoms with Crippen LogP contribution in [0.1, 0.15) is 38.3 Å². The Morgan fingerprint density at radius 3 is 2.71 bits per heavy atom. The lowest BCUT2D eigenvalue weighted by Gasteiger charge is -2.42. The summed E-state index contributed by atoms with van der Waals surface area (Å²) in [5.41, 5.74) is 11.0. The van der Waals surface area contributed by atoms with E-state index in [9.17, 15) is 5.11 Å². The molecule has 5 rings (SSSR count). The van der Waals surface area contributed by atoms with Crippen LogP contribution in [0.5, 0.6) is 0 Å². The number of para-hydroxylation sites is 1. The number of nitrogens with two attached hydrogens (primary N) is 1. The maximum Gasteiger partial charge on any atom is 0.0990 e. The van der Waals surface area contributed by atoms with Crippen LogP contribution in [0.15, 0.2) is 53.3 Å². The number of hydrogen-bond acceptors (Lipinski definition) is 4. The molecule has 3 heterocycles. The molecule has 1 aliphatic carbocycles. The van der Waals surface area contributed by atoms with Crippen LogP contribution >= 0.6 is 0 Å². The molecule has 2 saturated heterocycles. The first-order chi connectivity index (χ1) is 15.0. The van der Waals surface area contributed by atoms with Gasteiger partial charge < -0.3 is 20.1 Å². The van der Waals surface area contributed by atoms with Crippen molar-refractivity contribution in [1.29, 1.82) is 0 Å². The number of piperidine rings is 1. The van der Waals surface area contributed by atoms with Crippen molar-refractivity contribution in [2.24, 2.45) is 24.6 Å². The third-order valence-corrected chi connectivity index (χ3v) is 7.72. The quantitative estimate of drug-likeness (QED) is 0.773. The third kappa shape index (κ3) is 3.84. The number of aromatic nitrogens is 1. The van der Waals surface area contributed by atoms with Crippen molar-refractivity contribution in [3.05, 3.63) is 59.0 Å². The van der Waals surface area contributed by atoms with Crippen molar-refractivity contribution in [3.63, 3.8) is 0 Å². The van der Waals surface area contributed by atoms with E-state index in [0.717, 1.165) is 56.5 Å². The van der Waals surface area contributed by atoms with Gasteiger partial charge in [0.05, 0.1) is 18.0 Å². The minimum Gasteiger partial charge on any atom is -0.512 e. The van der Waals surface area contributed by atoms with Gasteiger partial charge in [0.15, 0.2) is 0 Å². The lowest BCUT2D eigenvalue weighted by molar-refractivity contribution is -0.0512. The molecule has 1 aromatic carbocycles. The second-order valence-electron chi connectivity index (χ2n) is 9.63. The van der Waals surface area contributed by atoms with Gasteiger partial charge in [0.1, 0.15) is 0 Å². The van der Waals surface area contributed by atoms with Crippen LogP contribution in [0.2, 0.25) is 0 Å². The molecule has 166 valence electrons. The van der Waals surface area contributed by atoms with Gasteiger partial charge in [0, 0.05) is 43.7 Å². The highest BCUT2D eigenvalue weighted by Crippen LogP contribution is 2.41. The zero-order chi connectivity index (χ0) is 21.5. The van der Waals surface area contributed by atoms with Gasteiger partial charge in [0.25, 0.3) is 0 Å². The Bertz CT molecular complexity index is 1010. The standard InChI is InChI=1S/C26H35N3O2/c1-17-7-8-21-22(26(17)30)14-24(31-25(21)15-27)18-9-11-29(12-10-18)16-20-13-19-5-3-4-6-23(19)28(20)2/h3-6,8,13,17-18,24-25,30H,7,9-12,14-16,27H2,1-2H3/t17?,24-,25-/m0/s1. The molecule has 3 aliphatic rings.